The van der Waals surface area contributed by atoms with Crippen molar-refractivity contribution < 1.29 is 14.6 Å². The van der Waals surface area contributed by atoms with Gasteiger partial charge in [0.2, 0.25) is 5.91 Å². The molecule has 4 rings (SSSR count). The molecular formula is C17H28N6O3. The van der Waals surface area contributed by atoms with E-state index in [-0.39, 0.29) is 24.5 Å². The summed E-state index contributed by atoms with van der Waals surface area (Å²) in [5, 5.41) is 24.5. The van der Waals surface area contributed by atoms with Crippen molar-refractivity contribution in [1.29, 1.82) is 0 Å². The van der Waals surface area contributed by atoms with Gasteiger partial charge in [-0.05, 0) is 41.5 Å². The summed E-state index contributed by atoms with van der Waals surface area (Å²) in [6.45, 7) is 4.00. The van der Waals surface area contributed by atoms with Gasteiger partial charge in [0.15, 0.2) is 0 Å². The van der Waals surface area contributed by atoms with Crippen LogP contribution in [0.2, 0.25) is 0 Å². The van der Waals surface area contributed by atoms with E-state index in [2.05, 4.69) is 25.7 Å². The summed E-state index contributed by atoms with van der Waals surface area (Å²) in [5.74, 6) is 1.57. The number of hydrogen-bond acceptors (Lipinski definition) is 7. The van der Waals surface area contributed by atoms with Crippen molar-refractivity contribution in [3.05, 3.63) is 6.33 Å². The molecular weight excluding hydrogens is 336 g/mol. The predicted molar refractivity (Wildman–Crippen MR) is 92.0 cm³/mol. The minimum atomic E-state index is -0.666. The van der Waals surface area contributed by atoms with Crippen molar-refractivity contribution in [2.45, 2.75) is 56.9 Å². The number of tetrazole rings is 1. The van der Waals surface area contributed by atoms with Crippen LogP contribution in [-0.4, -0.2) is 80.6 Å². The molecule has 3 heterocycles. The quantitative estimate of drug-likeness (QED) is 0.696. The third-order valence-electron chi connectivity index (χ3n) is 6.10. The van der Waals surface area contributed by atoms with E-state index >= 15 is 0 Å². The van der Waals surface area contributed by atoms with Crippen molar-refractivity contribution >= 4 is 5.91 Å². The van der Waals surface area contributed by atoms with E-state index in [4.69, 9.17) is 4.74 Å². The van der Waals surface area contributed by atoms with Gasteiger partial charge in [-0.3, -0.25) is 4.79 Å². The molecule has 2 N–H and O–H groups in total. The van der Waals surface area contributed by atoms with Crippen LogP contribution >= 0.6 is 0 Å². The maximum Gasteiger partial charge on any atom is 0.222 e. The molecule has 3 aliphatic rings. The largest absolute Gasteiger partial charge is 0.388 e. The van der Waals surface area contributed by atoms with Gasteiger partial charge in [-0.2, -0.15) is 0 Å². The summed E-state index contributed by atoms with van der Waals surface area (Å²) in [7, 11) is 0. The van der Waals surface area contributed by atoms with Crippen LogP contribution in [0.25, 0.3) is 0 Å². The summed E-state index contributed by atoms with van der Waals surface area (Å²) >= 11 is 0. The van der Waals surface area contributed by atoms with Crippen LogP contribution in [0.3, 0.4) is 0 Å². The number of aromatic nitrogens is 4. The number of nitrogens with one attached hydrogen (secondary N) is 1. The molecule has 2 saturated heterocycles. The highest BCUT2D eigenvalue weighted by atomic mass is 16.5. The Kier molecular flexibility index (Phi) is 5.46. The Bertz CT molecular complexity index is 585. The highest BCUT2D eigenvalue weighted by Gasteiger charge is 2.40. The SMILES string of the molecule is O=C(CCn1cnnn1)N[C@H]1CCO[C@H](CN2C[C@H]3CCC[C@H]3C2)[C@H]1O. The van der Waals surface area contributed by atoms with Gasteiger partial charge < -0.3 is 20.1 Å². The molecule has 3 fully saturated rings. The molecule has 26 heavy (non-hydrogen) atoms. The molecule has 1 aromatic rings. The van der Waals surface area contributed by atoms with Crippen molar-refractivity contribution in [3.63, 3.8) is 0 Å². The van der Waals surface area contributed by atoms with Gasteiger partial charge in [-0.1, -0.05) is 6.42 Å². The number of aliphatic hydroxyl groups is 1. The van der Waals surface area contributed by atoms with Crippen LogP contribution in [-0.2, 0) is 16.1 Å². The molecule has 1 amide bonds. The second-order valence-electron chi connectivity index (χ2n) is 7.86. The Balaban J connectivity index is 1.24. The van der Waals surface area contributed by atoms with Crippen molar-refractivity contribution in [1.82, 2.24) is 30.4 Å². The highest BCUT2D eigenvalue weighted by molar-refractivity contribution is 5.76. The molecule has 144 valence electrons. The number of fused-ring (bicyclic) bond motifs is 1. The molecule has 0 spiro atoms. The van der Waals surface area contributed by atoms with Crippen molar-refractivity contribution in [3.8, 4) is 0 Å². The van der Waals surface area contributed by atoms with Crippen molar-refractivity contribution in [2.75, 3.05) is 26.2 Å². The Morgan fingerprint density at radius 3 is 2.81 bits per heavy atom. The van der Waals surface area contributed by atoms with Gasteiger partial charge in [0.25, 0.3) is 0 Å². The lowest BCUT2D eigenvalue weighted by Crippen LogP contribution is -2.56. The minimum Gasteiger partial charge on any atom is -0.388 e. The predicted octanol–water partition coefficient (Wildman–Crippen LogP) is -0.570. The number of carbonyl (C=O) groups is 1. The smallest absolute Gasteiger partial charge is 0.222 e. The van der Waals surface area contributed by atoms with E-state index in [0.29, 0.717) is 19.6 Å². The van der Waals surface area contributed by atoms with Gasteiger partial charge in [0.1, 0.15) is 12.4 Å². The average Bonchev–Trinajstić information content (AvgIpc) is 3.34. The van der Waals surface area contributed by atoms with Gasteiger partial charge in [-0.15, -0.1) is 5.10 Å². The summed E-state index contributed by atoms with van der Waals surface area (Å²) in [6, 6.07) is -0.253. The highest BCUT2D eigenvalue weighted by Crippen LogP contribution is 2.38. The number of amides is 1. The number of ether oxygens (including phenoxy) is 1. The number of rotatable bonds is 6. The summed E-state index contributed by atoms with van der Waals surface area (Å²) in [6.07, 6.45) is 5.57. The molecule has 1 aromatic heterocycles. The zero-order chi connectivity index (χ0) is 17.9. The van der Waals surface area contributed by atoms with E-state index in [1.807, 2.05) is 0 Å². The lowest BCUT2D eigenvalue weighted by Gasteiger charge is -2.37. The normalized spacial score (nSPS) is 34.7. The first-order valence-corrected chi connectivity index (χ1v) is 9.71. The Morgan fingerprint density at radius 2 is 2.08 bits per heavy atom. The average molecular weight is 364 g/mol. The van der Waals surface area contributed by atoms with Crippen LogP contribution < -0.4 is 5.32 Å². The van der Waals surface area contributed by atoms with E-state index in [1.54, 1.807) is 0 Å². The number of likely N-dealkylation sites (tertiary alicyclic amines) is 1. The van der Waals surface area contributed by atoms with Gasteiger partial charge >= 0.3 is 0 Å². The molecule has 5 atom stereocenters. The number of hydrogen-bond donors (Lipinski definition) is 2. The fourth-order valence-electron chi connectivity index (χ4n) is 4.71. The van der Waals surface area contributed by atoms with Crippen molar-refractivity contribution in [2.24, 2.45) is 11.8 Å². The number of aryl methyl sites for hydroxylation is 1. The first kappa shape index (κ1) is 17.8. The second kappa shape index (κ2) is 7.98. The van der Waals surface area contributed by atoms with Crippen LogP contribution in [0.1, 0.15) is 32.1 Å². The molecule has 0 aromatic carbocycles. The van der Waals surface area contributed by atoms with Crippen LogP contribution in [0, 0.1) is 11.8 Å². The van der Waals surface area contributed by atoms with E-state index in [1.165, 1.54) is 30.3 Å². The van der Waals surface area contributed by atoms with E-state index < -0.39 is 6.10 Å². The zero-order valence-corrected chi connectivity index (χ0v) is 15.0. The third kappa shape index (κ3) is 4.05. The van der Waals surface area contributed by atoms with Gasteiger partial charge in [0.05, 0.1) is 18.7 Å². The molecule has 2 aliphatic heterocycles. The lowest BCUT2D eigenvalue weighted by atomic mass is 9.98. The molecule has 0 radical (unpaired) electrons. The number of nitrogens with zero attached hydrogens (tertiary/aromatic N) is 5. The summed E-state index contributed by atoms with van der Waals surface area (Å²) < 4.78 is 7.35. The second-order valence-corrected chi connectivity index (χ2v) is 7.86. The lowest BCUT2D eigenvalue weighted by molar-refractivity contribution is -0.129. The Hall–Kier alpha value is -1.58. The van der Waals surface area contributed by atoms with Crippen LogP contribution in [0.5, 0.6) is 0 Å². The standard InChI is InChI=1S/C17H28N6O3/c24-16(4-6-23-11-18-20-21-23)19-14-5-7-26-15(17(14)25)10-22-8-12-2-1-3-13(12)9-22/h11-15,17,25H,1-10H2,(H,19,24)/t12-,13+,14-,15+,17-/m0/s1. The van der Waals surface area contributed by atoms with Crippen LogP contribution in [0.4, 0.5) is 0 Å². The molecule has 9 nitrogen and oxygen atoms in total. The number of aliphatic hydroxyl groups excluding tert-OH is 1. The molecule has 0 bridgehead atoms. The molecule has 9 heteroatoms. The fraction of sp³-hybridized carbons (Fsp3) is 0.882. The number of carbonyl (C=O) groups excluding carboxylic acids is 1. The molecule has 1 saturated carbocycles. The maximum atomic E-state index is 12.2. The topological polar surface area (TPSA) is 105 Å². The molecule has 1 aliphatic carbocycles. The summed E-state index contributed by atoms with van der Waals surface area (Å²) in [5.41, 5.74) is 0. The Labute approximate surface area is 153 Å². The minimum absolute atomic E-state index is 0.0964. The zero-order valence-electron chi connectivity index (χ0n) is 15.0. The monoisotopic (exact) mass is 364 g/mol. The summed E-state index contributed by atoms with van der Waals surface area (Å²) in [4.78, 5) is 14.6. The third-order valence-corrected chi connectivity index (χ3v) is 6.10. The van der Waals surface area contributed by atoms with Crippen LogP contribution in [0.15, 0.2) is 6.33 Å². The maximum absolute atomic E-state index is 12.2. The molecule has 0 unspecified atom stereocenters. The first-order valence-electron chi connectivity index (χ1n) is 9.71. The van der Waals surface area contributed by atoms with Gasteiger partial charge in [0, 0.05) is 32.7 Å². The van der Waals surface area contributed by atoms with E-state index in [9.17, 15) is 9.90 Å². The van der Waals surface area contributed by atoms with E-state index in [0.717, 1.165) is 31.5 Å². The Morgan fingerprint density at radius 1 is 1.27 bits per heavy atom. The van der Waals surface area contributed by atoms with Gasteiger partial charge in [-0.25, -0.2) is 4.68 Å². The first-order chi connectivity index (χ1) is 12.7. The fourth-order valence-corrected chi connectivity index (χ4v) is 4.71.